The topological polar surface area (TPSA) is 89.1 Å². The third kappa shape index (κ3) is 5.82. The predicted octanol–water partition coefficient (Wildman–Crippen LogP) is 2.72. The minimum absolute atomic E-state index is 0.118. The number of hydrogen-bond acceptors (Lipinski definition) is 6. The van der Waals surface area contributed by atoms with Crippen LogP contribution in [-0.4, -0.2) is 40.6 Å². The monoisotopic (exact) mass is 336 g/mol. The predicted molar refractivity (Wildman–Crippen MR) is 89.1 cm³/mol. The second-order valence-electron chi connectivity index (χ2n) is 4.58. The number of carbonyl (C=O) groups excluding carboxylic acids is 1. The number of anilines is 1. The van der Waals surface area contributed by atoms with E-state index in [9.17, 15) is 4.79 Å². The zero-order valence-corrected chi connectivity index (χ0v) is 14.0. The average molecular weight is 336 g/mol. The number of thioether (sulfide) groups is 1. The van der Waals surface area contributed by atoms with Crippen LogP contribution in [0.2, 0.25) is 0 Å². The summed E-state index contributed by atoms with van der Waals surface area (Å²) in [5.41, 5.74) is 0. The Morgan fingerprint density at radius 2 is 2.04 bits per heavy atom. The van der Waals surface area contributed by atoms with Gasteiger partial charge in [-0.3, -0.25) is 10.1 Å². The molecular weight excluding hydrogens is 316 g/mol. The lowest BCUT2D eigenvalue weighted by atomic mass is 10.3. The van der Waals surface area contributed by atoms with Crippen LogP contribution in [0.4, 0.5) is 5.95 Å². The quantitative estimate of drug-likeness (QED) is 0.541. The molecule has 0 radical (unpaired) electrons. The lowest BCUT2D eigenvalue weighted by Gasteiger charge is -2.06. The van der Waals surface area contributed by atoms with Gasteiger partial charge in [-0.2, -0.15) is 4.98 Å². The van der Waals surface area contributed by atoms with Crippen LogP contribution in [0, 0.1) is 0 Å². The fourth-order valence-corrected chi connectivity index (χ4v) is 2.31. The molecular formula is C15H20N4O3S. The molecule has 1 aromatic heterocycles. The van der Waals surface area contributed by atoms with E-state index in [-0.39, 0.29) is 5.91 Å². The van der Waals surface area contributed by atoms with Crippen LogP contribution in [0.3, 0.4) is 0 Å². The van der Waals surface area contributed by atoms with Crippen molar-refractivity contribution in [2.75, 3.05) is 24.8 Å². The maximum atomic E-state index is 11.8. The highest BCUT2D eigenvalue weighted by Crippen LogP contribution is 2.17. The second-order valence-corrected chi connectivity index (χ2v) is 5.81. The molecule has 2 N–H and O–H groups in total. The summed E-state index contributed by atoms with van der Waals surface area (Å²) < 4.78 is 10.6. The van der Waals surface area contributed by atoms with Crippen molar-refractivity contribution in [1.29, 1.82) is 0 Å². The molecule has 1 heterocycles. The van der Waals surface area contributed by atoms with Gasteiger partial charge < -0.3 is 9.47 Å². The Morgan fingerprint density at radius 1 is 1.30 bits per heavy atom. The van der Waals surface area contributed by atoms with E-state index in [0.29, 0.717) is 30.6 Å². The maximum absolute atomic E-state index is 11.8. The van der Waals surface area contributed by atoms with Crippen LogP contribution in [-0.2, 0) is 4.79 Å². The lowest BCUT2D eigenvalue weighted by Crippen LogP contribution is -2.13. The van der Waals surface area contributed by atoms with Crippen LogP contribution in [0.1, 0.15) is 19.8 Å². The van der Waals surface area contributed by atoms with Gasteiger partial charge in [-0.05, 0) is 36.4 Å². The van der Waals surface area contributed by atoms with Gasteiger partial charge in [-0.15, -0.1) is 5.10 Å². The molecule has 23 heavy (non-hydrogen) atoms. The molecule has 0 spiro atoms. The van der Waals surface area contributed by atoms with Gasteiger partial charge in [0.15, 0.2) is 0 Å². The van der Waals surface area contributed by atoms with Crippen molar-refractivity contribution < 1.29 is 14.3 Å². The molecule has 2 rings (SSSR count). The number of nitrogens with one attached hydrogen (secondary N) is 2. The van der Waals surface area contributed by atoms with Gasteiger partial charge in [-0.25, -0.2) is 5.10 Å². The first-order valence-electron chi connectivity index (χ1n) is 7.33. The molecule has 8 heteroatoms. The van der Waals surface area contributed by atoms with E-state index in [4.69, 9.17) is 9.47 Å². The first-order valence-corrected chi connectivity index (χ1v) is 8.31. The van der Waals surface area contributed by atoms with Gasteiger partial charge in [0.05, 0.1) is 13.7 Å². The molecule has 1 aromatic carbocycles. The molecule has 0 unspecified atom stereocenters. The van der Waals surface area contributed by atoms with Crippen LogP contribution in [0.5, 0.6) is 11.5 Å². The summed E-state index contributed by atoms with van der Waals surface area (Å²) in [6, 6.07) is 7.33. The molecule has 124 valence electrons. The molecule has 0 saturated heterocycles. The highest BCUT2D eigenvalue weighted by Gasteiger charge is 2.07. The van der Waals surface area contributed by atoms with Gasteiger partial charge in [0.2, 0.25) is 17.0 Å². The number of carbonyl (C=O) groups is 1. The molecule has 0 aliphatic carbocycles. The van der Waals surface area contributed by atoms with Crippen molar-refractivity contribution in [3.8, 4) is 11.5 Å². The lowest BCUT2D eigenvalue weighted by molar-refractivity contribution is -0.116. The van der Waals surface area contributed by atoms with Crippen molar-refractivity contribution in [2.24, 2.45) is 0 Å². The Labute approximate surface area is 139 Å². The van der Waals surface area contributed by atoms with Gasteiger partial charge in [0.25, 0.3) is 0 Å². The number of ether oxygens (including phenoxy) is 2. The van der Waals surface area contributed by atoms with Crippen LogP contribution < -0.4 is 14.8 Å². The Balaban J connectivity index is 1.65. The molecule has 2 aromatic rings. The van der Waals surface area contributed by atoms with Crippen molar-refractivity contribution in [3.63, 3.8) is 0 Å². The number of aromatic nitrogens is 3. The minimum Gasteiger partial charge on any atom is -0.497 e. The third-order valence-electron chi connectivity index (χ3n) is 2.87. The fourth-order valence-electron chi connectivity index (χ4n) is 1.79. The van der Waals surface area contributed by atoms with Crippen molar-refractivity contribution in [3.05, 3.63) is 24.3 Å². The van der Waals surface area contributed by atoms with Crippen LogP contribution in [0.15, 0.2) is 29.4 Å². The number of methoxy groups -OCH3 is 1. The minimum atomic E-state index is -0.118. The van der Waals surface area contributed by atoms with Gasteiger partial charge >= 0.3 is 0 Å². The van der Waals surface area contributed by atoms with Gasteiger partial charge in [-0.1, -0.05) is 18.7 Å². The molecule has 7 nitrogen and oxygen atoms in total. The summed E-state index contributed by atoms with van der Waals surface area (Å²) in [5, 5.41) is 9.99. The number of nitrogens with zero attached hydrogens (tertiary/aromatic N) is 2. The number of rotatable bonds is 9. The number of benzene rings is 1. The Bertz CT molecular complexity index is 615. The normalized spacial score (nSPS) is 10.3. The molecule has 0 aliphatic heterocycles. The fraction of sp³-hybridized carbons (Fsp3) is 0.400. The summed E-state index contributed by atoms with van der Waals surface area (Å²) in [6.07, 6.45) is 0.968. The highest BCUT2D eigenvalue weighted by molar-refractivity contribution is 7.99. The Kier molecular flexibility index (Phi) is 6.74. The largest absolute Gasteiger partial charge is 0.497 e. The molecule has 0 saturated carbocycles. The SMILES string of the molecule is CCSc1n[nH]c(NC(=O)CCCOc2ccc(OC)cc2)n1. The summed E-state index contributed by atoms with van der Waals surface area (Å²) in [7, 11) is 1.62. The number of H-pyrrole nitrogens is 1. The summed E-state index contributed by atoms with van der Waals surface area (Å²) in [5.74, 6) is 2.68. The zero-order chi connectivity index (χ0) is 16.5. The van der Waals surface area contributed by atoms with E-state index in [1.165, 1.54) is 11.8 Å². The summed E-state index contributed by atoms with van der Waals surface area (Å²) in [4.78, 5) is 15.9. The maximum Gasteiger partial charge on any atom is 0.226 e. The standard InChI is InChI=1S/C15H20N4O3S/c1-3-23-15-17-14(18-19-15)16-13(20)5-4-10-22-12-8-6-11(21-2)7-9-12/h6-9H,3-5,10H2,1-2H3,(H2,16,17,18,19,20). The van der Waals surface area contributed by atoms with E-state index in [2.05, 4.69) is 20.5 Å². The Morgan fingerprint density at radius 3 is 2.74 bits per heavy atom. The number of amides is 1. The highest BCUT2D eigenvalue weighted by atomic mass is 32.2. The van der Waals surface area contributed by atoms with Crippen molar-refractivity contribution in [1.82, 2.24) is 15.2 Å². The number of hydrogen-bond donors (Lipinski definition) is 2. The van der Waals surface area contributed by atoms with E-state index >= 15 is 0 Å². The molecule has 0 atom stereocenters. The van der Waals surface area contributed by atoms with Crippen molar-refractivity contribution in [2.45, 2.75) is 24.9 Å². The molecule has 0 fully saturated rings. The van der Waals surface area contributed by atoms with E-state index in [0.717, 1.165) is 17.3 Å². The first kappa shape index (κ1) is 17.1. The van der Waals surface area contributed by atoms with Gasteiger partial charge in [0.1, 0.15) is 11.5 Å². The molecule has 0 bridgehead atoms. The van der Waals surface area contributed by atoms with E-state index in [1.807, 2.05) is 31.2 Å². The average Bonchev–Trinajstić information content (AvgIpc) is 2.99. The smallest absolute Gasteiger partial charge is 0.226 e. The molecule has 0 aliphatic rings. The van der Waals surface area contributed by atoms with E-state index < -0.39 is 0 Å². The Hall–Kier alpha value is -2.22. The van der Waals surface area contributed by atoms with E-state index in [1.54, 1.807) is 7.11 Å². The van der Waals surface area contributed by atoms with Crippen LogP contribution >= 0.6 is 11.8 Å². The summed E-state index contributed by atoms with van der Waals surface area (Å²) >= 11 is 1.51. The van der Waals surface area contributed by atoms with Crippen molar-refractivity contribution >= 4 is 23.6 Å². The first-order chi connectivity index (χ1) is 11.2. The third-order valence-corrected chi connectivity index (χ3v) is 3.60. The zero-order valence-electron chi connectivity index (χ0n) is 13.2. The van der Waals surface area contributed by atoms with Crippen LogP contribution in [0.25, 0.3) is 0 Å². The summed E-state index contributed by atoms with van der Waals surface area (Å²) in [6.45, 7) is 2.48. The number of aromatic amines is 1. The molecule has 1 amide bonds. The van der Waals surface area contributed by atoms with Gasteiger partial charge in [0, 0.05) is 6.42 Å². The second kappa shape index (κ2) is 9.04.